The molecule has 0 aromatic carbocycles. The van der Waals surface area contributed by atoms with Gasteiger partial charge in [0.1, 0.15) is 0 Å². The van der Waals surface area contributed by atoms with Gasteiger partial charge in [-0.25, -0.2) is 0 Å². The Morgan fingerprint density at radius 1 is 1.36 bits per heavy atom. The number of hydrogen-bond acceptors (Lipinski definition) is 2. The van der Waals surface area contributed by atoms with Crippen LogP contribution in [-0.2, 0) is 0 Å². The number of nitrogens with zero attached hydrogens (tertiary/aromatic N) is 1. The molecule has 0 amide bonds. The third kappa shape index (κ3) is 1.80. The van der Waals surface area contributed by atoms with Crippen molar-refractivity contribution in [2.24, 2.45) is 5.73 Å². The molecule has 2 heteroatoms. The van der Waals surface area contributed by atoms with E-state index in [9.17, 15) is 0 Å². The fourth-order valence-corrected chi connectivity index (χ4v) is 2.82. The minimum atomic E-state index is -0.107. The van der Waals surface area contributed by atoms with Gasteiger partial charge in [-0.15, -0.1) is 6.42 Å². The summed E-state index contributed by atoms with van der Waals surface area (Å²) in [6, 6.07) is -0.107. The van der Waals surface area contributed by atoms with Crippen LogP contribution < -0.4 is 5.73 Å². The highest BCUT2D eigenvalue weighted by atomic mass is 15.2. The molecule has 0 bridgehead atoms. The highest BCUT2D eigenvalue weighted by molar-refractivity contribution is 5.14. The lowest BCUT2D eigenvalue weighted by atomic mass is 9.87. The molecular formula is C12H22N2. The lowest BCUT2D eigenvalue weighted by Crippen LogP contribution is -2.57. The Kier molecular flexibility index (Phi) is 3.97. The van der Waals surface area contributed by atoms with Gasteiger partial charge in [0.05, 0.1) is 6.04 Å². The Morgan fingerprint density at radius 2 is 1.86 bits per heavy atom. The summed E-state index contributed by atoms with van der Waals surface area (Å²) in [4.78, 5) is 2.45. The van der Waals surface area contributed by atoms with E-state index in [0.29, 0.717) is 0 Å². The van der Waals surface area contributed by atoms with Crippen LogP contribution in [0.2, 0.25) is 0 Å². The summed E-state index contributed by atoms with van der Waals surface area (Å²) in [5, 5.41) is 0. The van der Waals surface area contributed by atoms with Gasteiger partial charge in [0.25, 0.3) is 0 Å². The van der Waals surface area contributed by atoms with E-state index in [-0.39, 0.29) is 11.6 Å². The number of rotatable bonds is 4. The first-order chi connectivity index (χ1) is 6.71. The van der Waals surface area contributed by atoms with E-state index in [2.05, 4.69) is 24.7 Å². The Bertz CT molecular complexity index is 207. The quantitative estimate of drug-likeness (QED) is 0.689. The van der Waals surface area contributed by atoms with Crippen LogP contribution in [0, 0.1) is 12.3 Å². The van der Waals surface area contributed by atoms with Crippen LogP contribution >= 0.6 is 0 Å². The smallest absolute Gasteiger partial charge is 0.0848 e. The van der Waals surface area contributed by atoms with Gasteiger partial charge in [-0.3, -0.25) is 4.90 Å². The van der Waals surface area contributed by atoms with E-state index in [0.717, 1.165) is 13.1 Å². The van der Waals surface area contributed by atoms with Gasteiger partial charge in [0, 0.05) is 5.54 Å². The maximum absolute atomic E-state index is 6.09. The molecule has 80 valence electrons. The van der Waals surface area contributed by atoms with Crippen LogP contribution in [0.3, 0.4) is 0 Å². The molecule has 2 N–H and O–H groups in total. The van der Waals surface area contributed by atoms with Crippen LogP contribution in [0.1, 0.15) is 39.5 Å². The zero-order chi connectivity index (χ0) is 10.6. The van der Waals surface area contributed by atoms with Gasteiger partial charge >= 0.3 is 0 Å². The fourth-order valence-electron chi connectivity index (χ4n) is 2.82. The summed E-state index contributed by atoms with van der Waals surface area (Å²) >= 11 is 0. The van der Waals surface area contributed by atoms with Gasteiger partial charge in [-0.2, -0.15) is 0 Å². The summed E-state index contributed by atoms with van der Waals surface area (Å²) in [5.41, 5.74) is 6.18. The highest BCUT2D eigenvalue weighted by Gasteiger charge is 2.42. The Hall–Kier alpha value is -0.520. The highest BCUT2D eigenvalue weighted by Crippen LogP contribution is 2.37. The standard InChI is InChI=1S/C12H22N2/c1-4-11(13)12(9-7-8-10-12)14(5-2)6-3/h1,11H,5-10,13H2,2-3H3. The lowest BCUT2D eigenvalue weighted by molar-refractivity contribution is 0.0942. The maximum atomic E-state index is 6.09. The van der Waals surface area contributed by atoms with Crippen molar-refractivity contribution in [2.45, 2.75) is 51.1 Å². The molecule has 1 fully saturated rings. The average Bonchev–Trinajstić information content (AvgIpc) is 2.69. The summed E-state index contributed by atoms with van der Waals surface area (Å²) in [7, 11) is 0. The van der Waals surface area contributed by atoms with E-state index < -0.39 is 0 Å². The van der Waals surface area contributed by atoms with Crippen molar-refractivity contribution in [1.29, 1.82) is 0 Å². The first-order valence-corrected chi connectivity index (χ1v) is 5.68. The summed E-state index contributed by atoms with van der Waals surface area (Å²) in [6.45, 7) is 6.47. The topological polar surface area (TPSA) is 29.3 Å². The third-order valence-electron chi connectivity index (χ3n) is 3.62. The van der Waals surface area contributed by atoms with Gasteiger partial charge in [0.15, 0.2) is 0 Å². The van der Waals surface area contributed by atoms with Crippen LogP contribution in [-0.4, -0.2) is 29.6 Å². The summed E-state index contributed by atoms with van der Waals surface area (Å²) in [6.07, 6.45) is 10.4. The molecule has 0 aromatic heterocycles. The summed E-state index contributed by atoms with van der Waals surface area (Å²) < 4.78 is 0. The number of nitrogens with two attached hydrogens (primary N) is 1. The van der Waals surface area contributed by atoms with Gasteiger partial charge in [-0.05, 0) is 25.9 Å². The van der Waals surface area contributed by atoms with Gasteiger partial charge in [-0.1, -0.05) is 32.6 Å². The second-order valence-corrected chi connectivity index (χ2v) is 4.13. The molecule has 0 heterocycles. The zero-order valence-electron chi connectivity index (χ0n) is 9.42. The largest absolute Gasteiger partial charge is 0.316 e. The minimum absolute atomic E-state index is 0.0955. The molecule has 0 radical (unpaired) electrons. The van der Waals surface area contributed by atoms with Crippen molar-refractivity contribution >= 4 is 0 Å². The Morgan fingerprint density at radius 3 is 2.21 bits per heavy atom. The maximum Gasteiger partial charge on any atom is 0.0848 e. The molecule has 0 saturated heterocycles. The van der Waals surface area contributed by atoms with E-state index >= 15 is 0 Å². The molecule has 0 spiro atoms. The summed E-state index contributed by atoms with van der Waals surface area (Å²) in [5.74, 6) is 2.73. The van der Waals surface area contributed by atoms with E-state index in [1.165, 1.54) is 25.7 Å². The van der Waals surface area contributed by atoms with Gasteiger partial charge < -0.3 is 5.73 Å². The molecule has 1 atom stereocenters. The number of likely N-dealkylation sites (N-methyl/N-ethyl adjacent to an activating group) is 1. The SMILES string of the molecule is C#CC(N)C1(N(CC)CC)CCCC1. The van der Waals surface area contributed by atoms with Crippen molar-refractivity contribution < 1.29 is 0 Å². The van der Waals surface area contributed by atoms with Crippen molar-refractivity contribution in [3.63, 3.8) is 0 Å². The Balaban J connectivity index is 2.86. The lowest BCUT2D eigenvalue weighted by Gasteiger charge is -2.42. The van der Waals surface area contributed by atoms with E-state index in [4.69, 9.17) is 12.2 Å². The number of terminal acetylenes is 1. The normalized spacial score (nSPS) is 22.2. The first kappa shape index (κ1) is 11.6. The molecule has 1 aliphatic carbocycles. The molecule has 1 saturated carbocycles. The second-order valence-electron chi connectivity index (χ2n) is 4.13. The Labute approximate surface area is 87.8 Å². The van der Waals surface area contributed by atoms with Crippen LogP contribution in [0.25, 0.3) is 0 Å². The molecule has 0 aliphatic heterocycles. The van der Waals surface area contributed by atoms with Crippen molar-refractivity contribution in [2.75, 3.05) is 13.1 Å². The zero-order valence-corrected chi connectivity index (χ0v) is 9.42. The van der Waals surface area contributed by atoms with E-state index in [1.54, 1.807) is 0 Å². The molecule has 1 rings (SSSR count). The predicted molar refractivity (Wildman–Crippen MR) is 60.9 cm³/mol. The fraction of sp³-hybridized carbons (Fsp3) is 0.833. The first-order valence-electron chi connectivity index (χ1n) is 5.68. The van der Waals surface area contributed by atoms with Crippen molar-refractivity contribution in [1.82, 2.24) is 4.90 Å². The van der Waals surface area contributed by atoms with E-state index in [1.807, 2.05) is 0 Å². The van der Waals surface area contributed by atoms with Gasteiger partial charge in [0.2, 0.25) is 0 Å². The molecule has 14 heavy (non-hydrogen) atoms. The monoisotopic (exact) mass is 194 g/mol. The third-order valence-corrected chi connectivity index (χ3v) is 3.62. The molecule has 1 unspecified atom stereocenters. The van der Waals surface area contributed by atoms with Crippen molar-refractivity contribution in [3.05, 3.63) is 0 Å². The minimum Gasteiger partial charge on any atom is -0.316 e. The average molecular weight is 194 g/mol. The molecular weight excluding hydrogens is 172 g/mol. The second kappa shape index (κ2) is 4.82. The van der Waals surface area contributed by atoms with Crippen molar-refractivity contribution in [3.8, 4) is 12.3 Å². The van der Waals surface area contributed by atoms with Crippen LogP contribution in [0.15, 0.2) is 0 Å². The molecule has 0 aromatic rings. The predicted octanol–water partition coefficient (Wildman–Crippen LogP) is 1.60. The van der Waals surface area contributed by atoms with Crippen LogP contribution in [0.5, 0.6) is 0 Å². The molecule has 1 aliphatic rings. The van der Waals surface area contributed by atoms with Crippen LogP contribution in [0.4, 0.5) is 0 Å². The number of hydrogen-bond donors (Lipinski definition) is 1. The molecule has 2 nitrogen and oxygen atoms in total.